The molecule has 0 unspecified atom stereocenters. The van der Waals surface area contributed by atoms with E-state index in [1.165, 1.54) is 17.8 Å². The maximum atomic E-state index is 5.18. The number of hydrogen-bond acceptors (Lipinski definition) is 3. The lowest BCUT2D eigenvalue weighted by Gasteiger charge is -2.15. The molecule has 0 atom stereocenters. The Morgan fingerprint density at radius 1 is 1.28 bits per heavy atom. The van der Waals surface area contributed by atoms with E-state index in [1.807, 2.05) is 23.9 Å². The first-order valence-corrected chi connectivity index (χ1v) is 6.24. The normalized spacial score (nSPS) is 13.9. The van der Waals surface area contributed by atoms with Gasteiger partial charge in [-0.3, -0.25) is 4.68 Å². The van der Waals surface area contributed by atoms with Gasteiger partial charge in [-0.25, -0.2) is 0 Å². The third kappa shape index (κ3) is 1.74. The molecule has 0 bridgehead atoms. The van der Waals surface area contributed by atoms with Crippen molar-refractivity contribution in [2.75, 3.05) is 19.0 Å². The monoisotopic (exact) mass is 243 g/mol. The van der Waals surface area contributed by atoms with Crippen LogP contribution >= 0.6 is 0 Å². The minimum atomic E-state index is 0.872. The van der Waals surface area contributed by atoms with E-state index in [1.54, 1.807) is 7.11 Å². The first-order chi connectivity index (χ1) is 8.79. The van der Waals surface area contributed by atoms with E-state index in [0.29, 0.717) is 0 Å². The summed E-state index contributed by atoms with van der Waals surface area (Å²) in [5.74, 6) is 0.872. The molecule has 1 aliphatic rings. The lowest BCUT2D eigenvalue weighted by Crippen LogP contribution is -2.13. The van der Waals surface area contributed by atoms with E-state index < -0.39 is 0 Å². The molecule has 0 saturated heterocycles. The van der Waals surface area contributed by atoms with Crippen molar-refractivity contribution in [3.05, 3.63) is 30.0 Å². The van der Waals surface area contributed by atoms with Gasteiger partial charge < -0.3 is 10.1 Å². The molecule has 1 aromatic carbocycles. The Bertz CT molecular complexity index is 557. The summed E-state index contributed by atoms with van der Waals surface area (Å²) in [5, 5.41) is 8.10. The van der Waals surface area contributed by atoms with Gasteiger partial charge >= 0.3 is 0 Å². The Kier molecular flexibility index (Phi) is 2.70. The number of methoxy groups -OCH3 is 1. The number of hydrogen-bond donors (Lipinski definition) is 1. The quantitative estimate of drug-likeness (QED) is 0.880. The van der Waals surface area contributed by atoms with Crippen molar-refractivity contribution in [2.45, 2.75) is 12.8 Å². The van der Waals surface area contributed by atoms with E-state index in [4.69, 9.17) is 4.74 Å². The number of rotatable bonds is 2. The van der Waals surface area contributed by atoms with Crippen molar-refractivity contribution in [3.8, 4) is 17.0 Å². The highest BCUT2D eigenvalue weighted by molar-refractivity contribution is 5.77. The van der Waals surface area contributed by atoms with Gasteiger partial charge in [-0.1, -0.05) is 0 Å². The highest BCUT2D eigenvalue weighted by Gasteiger charge is 2.19. The van der Waals surface area contributed by atoms with Crippen molar-refractivity contribution >= 4 is 5.69 Å². The predicted octanol–water partition coefficient (Wildman–Crippen LogP) is 2.45. The number of aromatic nitrogens is 2. The van der Waals surface area contributed by atoms with Crippen LogP contribution in [0.15, 0.2) is 24.3 Å². The van der Waals surface area contributed by atoms with E-state index in [0.717, 1.165) is 30.0 Å². The molecule has 1 aromatic heterocycles. The highest BCUT2D eigenvalue weighted by Crippen LogP contribution is 2.33. The van der Waals surface area contributed by atoms with E-state index in [-0.39, 0.29) is 0 Å². The van der Waals surface area contributed by atoms with Crippen molar-refractivity contribution < 1.29 is 4.74 Å². The van der Waals surface area contributed by atoms with E-state index in [9.17, 15) is 0 Å². The van der Waals surface area contributed by atoms with E-state index in [2.05, 4.69) is 22.5 Å². The van der Waals surface area contributed by atoms with Crippen LogP contribution in [0.25, 0.3) is 11.3 Å². The molecule has 1 aliphatic heterocycles. The molecule has 2 aromatic rings. The van der Waals surface area contributed by atoms with Crippen molar-refractivity contribution in [1.29, 1.82) is 0 Å². The average molecular weight is 243 g/mol. The van der Waals surface area contributed by atoms with Gasteiger partial charge in [0.25, 0.3) is 0 Å². The number of nitrogens with zero attached hydrogens (tertiary/aromatic N) is 2. The van der Waals surface area contributed by atoms with Gasteiger partial charge in [-0.2, -0.15) is 5.10 Å². The van der Waals surface area contributed by atoms with Crippen molar-refractivity contribution in [2.24, 2.45) is 7.05 Å². The summed E-state index contributed by atoms with van der Waals surface area (Å²) in [7, 11) is 3.69. The SMILES string of the molecule is COc1ccc(-c2nn(C)c3c2NCCC3)cc1. The molecule has 94 valence electrons. The Hall–Kier alpha value is -1.97. The fourth-order valence-electron chi connectivity index (χ4n) is 2.45. The van der Waals surface area contributed by atoms with Gasteiger partial charge in [-0.15, -0.1) is 0 Å². The van der Waals surface area contributed by atoms with Crippen LogP contribution in [0.4, 0.5) is 5.69 Å². The molecular weight excluding hydrogens is 226 g/mol. The number of fused-ring (bicyclic) bond motifs is 1. The minimum Gasteiger partial charge on any atom is -0.497 e. The summed E-state index contributed by atoms with van der Waals surface area (Å²) in [5.41, 5.74) is 4.65. The van der Waals surface area contributed by atoms with Gasteiger partial charge in [0.1, 0.15) is 11.4 Å². The van der Waals surface area contributed by atoms with Gasteiger partial charge in [0.15, 0.2) is 0 Å². The summed E-state index contributed by atoms with van der Waals surface area (Å²) < 4.78 is 7.17. The average Bonchev–Trinajstić information content (AvgIpc) is 2.77. The van der Waals surface area contributed by atoms with Gasteiger partial charge in [0, 0.05) is 19.2 Å². The van der Waals surface area contributed by atoms with Crippen LogP contribution in [-0.2, 0) is 13.5 Å². The molecule has 0 saturated carbocycles. The fraction of sp³-hybridized carbons (Fsp3) is 0.357. The zero-order valence-electron chi connectivity index (χ0n) is 10.7. The molecule has 3 rings (SSSR count). The molecule has 4 heteroatoms. The highest BCUT2D eigenvalue weighted by atomic mass is 16.5. The number of ether oxygens (including phenoxy) is 1. The predicted molar refractivity (Wildman–Crippen MR) is 72.0 cm³/mol. The fourth-order valence-corrected chi connectivity index (χ4v) is 2.45. The summed E-state index contributed by atoms with van der Waals surface area (Å²) >= 11 is 0. The third-order valence-electron chi connectivity index (χ3n) is 3.42. The van der Waals surface area contributed by atoms with E-state index >= 15 is 0 Å². The lowest BCUT2D eigenvalue weighted by atomic mass is 10.1. The maximum absolute atomic E-state index is 5.18. The summed E-state index contributed by atoms with van der Waals surface area (Å²) in [4.78, 5) is 0. The zero-order chi connectivity index (χ0) is 12.5. The first kappa shape index (κ1) is 11.1. The van der Waals surface area contributed by atoms with Crippen LogP contribution in [0.5, 0.6) is 5.75 Å². The Morgan fingerprint density at radius 2 is 2.06 bits per heavy atom. The number of nitrogens with one attached hydrogen (secondary N) is 1. The molecule has 2 heterocycles. The van der Waals surface area contributed by atoms with Crippen LogP contribution in [0.3, 0.4) is 0 Å². The number of anilines is 1. The lowest BCUT2D eigenvalue weighted by molar-refractivity contribution is 0.415. The summed E-state index contributed by atoms with van der Waals surface area (Å²) in [6, 6.07) is 8.05. The Morgan fingerprint density at radius 3 is 2.78 bits per heavy atom. The Balaban J connectivity index is 2.05. The molecule has 4 nitrogen and oxygen atoms in total. The molecule has 18 heavy (non-hydrogen) atoms. The van der Waals surface area contributed by atoms with Crippen molar-refractivity contribution in [3.63, 3.8) is 0 Å². The van der Waals surface area contributed by atoms with Crippen molar-refractivity contribution in [1.82, 2.24) is 9.78 Å². The second-order valence-electron chi connectivity index (χ2n) is 4.55. The standard InChI is InChI=1S/C14H17N3O/c1-17-12-4-3-9-15-14(12)13(16-17)10-5-7-11(18-2)8-6-10/h5-8,15H,3-4,9H2,1-2H3. The van der Waals surface area contributed by atoms with Crippen LogP contribution in [0.1, 0.15) is 12.1 Å². The first-order valence-electron chi connectivity index (χ1n) is 6.24. The number of benzene rings is 1. The van der Waals surface area contributed by atoms with Crippen LogP contribution in [0, 0.1) is 0 Å². The van der Waals surface area contributed by atoms with Crippen LogP contribution in [-0.4, -0.2) is 23.4 Å². The molecule has 0 radical (unpaired) electrons. The van der Waals surface area contributed by atoms with Gasteiger partial charge in [0.05, 0.1) is 18.5 Å². The van der Waals surface area contributed by atoms with Crippen LogP contribution in [0.2, 0.25) is 0 Å². The number of aryl methyl sites for hydroxylation is 1. The Labute approximate surface area is 107 Å². The molecule has 1 N–H and O–H groups in total. The molecule has 0 spiro atoms. The maximum Gasteiger partial charge on any atom is 0.118 e. The second-order valence-corrected chi connectivity index (χ2v) is 4.55. The third-order valence-corrected chi connectivity index (χ3v) is 3.42. The molecular formula is C14H17N3O. The largest absolute Gasteiger partial charge is 0.497 e. The zero-order valence-corrected chi connectivity index (χ0v) is 10.7. The van der Waals surface area contributed by atoms with Crippen LogP contribution < -0.4 is 10.1 Å². The topological polar surface area (TPSA) is 39.1 Å². The summed E-state index contributed by atoms with van der Waals surface area (Å²) in [6.07, 6.45) is 2.27. The molecule has 0 aliphatic carbocycles. The molecule has 0 fully saturated rings. The van der Waals surface area contributed by atoms with Gasteiger partial charge in [-0.05, 0) is 37.1 Å². The second kappa shape index (κ2) is 4.37. The molecule has 0 amide bonds. The smallest absolute Gasteiger partial charge is 0.118 e. The van der Waals surface area contributed by atoms with Gasteiger partial charge in [0.2, 0.25) is 0 Å². The summed E-state index contributed by atoms with van der Waals surface area (Å²) in [6.45, 7) is 1.03. The minimum absolute atomic E-state index is 0.872.